The molecule has 2 aliphatic heterocycles. The van der Waals surface area contributed by atoms with Crippen LogP contribution in [0.15, 0.2) is 24.7 Å². The molecule has 1 fully saturated rings. The van der Waals surface area contributed by atoms with Gasteiger partial charge >= 0.3 is 12.0 Å². The van der Waals surface area contributed by atoms with E-state index in [9.17, 15) is 14.7 Å². The number of carbonyl (C=O) groups excluding carboxylic acids is 1. The highest BCUT2D eigenvalue weighted by atomic mass is 16.4. The maximum Gasteiger partial charge on any atom is 0.354 e. The lowest BCUT2D eigenvalue weighted by atomic mass is 10.2. The molecule has 1 saturated heterocycles. The van der Waals surface area contributed by atoms with Gasteiger partial charge in [0.15, 0.2) is 17.2 Å². The molecule has 0 radical (unpaired) electrons. The number of hydrogen-bond acceptors (Lipinski definition) is 7. The molecule has 5 rings (SSSR count). The number of hydrogen-bond donors (Lipinski definition) is 3. The lowest BCUT2D eigenvalue weighted by molar-refractivity contribution is 0.0690. The Bertz CT molecular complexity index is 1080. The van der Waals surface area contributed by atoms with Crippen LogP contribution in [-0.4, -0.2) is 61.2 Å². The number of pyridine rings is 1. The van der Waals surface area contributed by atoms with Crippen molar-refractivity contribution >= 4 is 40.6 Å². The number of amides is 2. The van der Waals surface area contributed by atoms with E-state index in [4.69, 9.17) is 0 Å². The van der Waals surface area contributed by atoms with Crippen LogP contribution < -0.4 is 15.1 Å². The lowest BCUT2D eigenvalue weighted by Gasteiger charge is -2.35. The number of aromatic nitrogens is 5. The summed E-state index contributed by atoms with van der Waals surface area (Å²) < 4.78 is 0. The van der Waals surface area contributed by atoms with Crippen molar-refractivity contribution in [2.24, 2.45) is 0 Å². The van der Waals surface area contributed by atoms with Crippen LogP contribution in [0.5, 0.6) is 0 Å². The average Bonchev–Trinajstić information content (AvgIpc) is 3.29. The van der Waals surface area contributed by atoms with E-state index in [0.717, 1.165) is 18.7 Å². The second kappa shape index (κ2) is 5.62. The number of urea groups is 1. The third-order valence-electron chi connectivity index (χ3n) is 4.78. The van der Waals surface area contributed by atoms with Crippen molar-refractivity contribution in [2.45, 2.75) is 12.5 Å². The molecule has 0 aliphatic carbocycles. The molecule has 0 unspecified atom stereocenters. The standard InChI is InChI=1S/C16H14N8O3/c25-14(26)9-1-2-11-13(20-9)24(8-3-4-23(11)6-8)16(27)22-15-17-5-10-12(21-15)19-7-18-10/h1-2,5,7-8H,3-4,6H2,(H,25,26)(H2,17,18,19,21,22,27)/t8-/m0/s1. The highest BCUT2D eigenvalue weighted by Gasteiger charge is 2.40. The van der Waals surface area contributed by atoms with E-state index in [1.165, 1.54) is 23.5 Å². The molecule has 11 heteroatoms. The number of nitrogens with zero attached hydrogens (tertiary/aromatic N) is 6. The summed E-state index contributed by atoms with van der Waals surface area (Å²) in [7, 11) is 0. The summed E-state index contributed by atoms with van der Waals surface area (Å²) in [5, 5.41) is 11.9. The third-order valence-corrected chi connectivity index (χ3v) is 4.78. The van der Waals surface area contributed by atoms with Gasteiger partial charge in [0.2, 0.25) is 5.95 Å². The van der Waals surface area contributed by atoms with Gasteiger partial charge in [-0.1, -0.05) is 0 Å². The largest absolute Gasteiger partial charge is 0.477 e. The zero-order valence-electron chi connectivity index (χ0n) is 14.0. The number of carboxylic acids is 1. The van der Waals surface area contributed by atoms with Gasteiger partial charge in [-0.15, -0.1) is 0 Å². The Morgan fingerprint density at radius 3 is 3.00 bits per heavy atom. The summed E-state index contributed by atoms with van der Waals surface area (Å²) in [5.74, 6) is -0.684. The fraction of sp³-hybridized carbons (Fsp3) is 0.250. The molecule has 1 atom stereocenters. The number of H-pyrrole nitrogens is 1. The van der Waals surface area contributed by atoms with E-state index in [2.05, 4.69) is 35.1 Å². The Hall–Kier alpha value is -3.76. The van der Waals surface area contributed by atoms with Gasteiger partial charge in [-0.05, 0) is 18.6 Å². The fourth-order valence-electron chi connectivity index (χ4n) is 3.54. The first-order valence-corrected chi connectivity index (χ1v) is 8.36. The van der Waals surface area contributed by atoms with E-state index in [1.54, 1.807) is 6.07 Å². The van der Waals surface area contributed by atoms with Crippen molar-refractivity contribution < 1.29 is 14.7 Å². The Labute approximate surface area is 152 Å². The van der Waals surface area contributed by atoms with Crippen LogP contribution in [0, 0.1) is 0 Å². The number of imidazole rings is 1. The Morgan fingerprint density at radius 1 is 1.26 bits per heavy atom. The molecule has 0 aromatic carbocycles. The first kappa shape index (κ1) is 15.5. The molecule has 5 heterocycles. The number of nitrogens with one attached hydrogen (secondary N) is 2. The second-order valence-corrected chi connectivity index (χ2v) is 6.37. The zero-order valence-corrected chi connectivity index (χ0v) is 14.0. The SMILES string of the molecule is O=C(O)c1ccc2c(n1)N(C(=O)Nc1ncc3[nH]cnc3n1)[C@H]1CCN2C1. The summed E-state index contributed by atoms with van der Waals surface area (Å²) in [5.41, 5.74) is 1.74. The molecule has 2 aliphatic rings. The predicted molar refractivity (Wildman–Crippen MR) is 95.0 cm³/mol. The van der Waals surface area contributed by atoms with Gasteiger partial charge in [-0.3, -0.25) is 10.2 Å². The molecular weight excluding hydrogens is 352 g/mol. The molecule has 2 amide bonds. The van der Waals surface area contributed by atoms with Gasteiger partial charge in [0.05, 0.1) is 24.3 Å². The van der Waals surface area contributed by atoms with E-state index in [-0.39, 0.29) is 17.7 Å². The normalized spacial score (nSPS) is 17.9. The highest BCUT2D eigenvalue weighted by Crippen LogP contribution is 2.39. The molecule has 3 N–H and O–H groups in total. The number of carbonyl (C=O) groups is 2. The van der Waals surface area contributed by atoms with Crippen LogP contribution in [-0.2, 0) is 0 Å². The topological polar surface area (TPSA) is 140 Å². The van der Waals surface area contributed by atoms with Crippen LogP contribution in [0.3, 0.4) is 0 Å². The summed E-state index contributed by atoms with van der Waals surface area (Å²) in [6.45, 7) is 1.46. The monoisotopic (exact) mass is 366 g/mol. The molecule has 11 nitrogen and oxygen atoms in total. The summed E-state index contributed by atoms with van der Waals surface area (Å²) in [6, 6.07) is 2.60. The van der Waals surface area contributed by atoms with E-state index in [0.29, 0.717) is 23.5 Å². The maximum atomic E-state index is 13.0. The van der Waals surface area contributed by atoms with Gasteiger partial charge in [0.25, 0.3) is 0 Å². The number of aromatic carboxylic acids is 1. The van der Waals surface area contributed by atoms with Crippen LogP contribution in [0.2, 0.25) is 0 Å². The van der Waals surface area contributed by atoms with Crippen LogP contribution in [0.4, 0.5) is 22.2 Å². The van der Waals surface area contributed by atoms with Crippen molar-refractivity contribution in [3.05, 3.63) is 30.4 Å². The number of anilines is 3. The molecule has 27 heavy (non-hydrogen) atoms. The van der Waals surface area contributed by atoms with Crippen LogP contribution >= 0.6 is 0 Å². The van der Waals surface area contributed by atoms with Gasteiger partial charge in [-0.25, -0.2) is 24.5 Å². The van der Waals surface area contributed by atoms with Gasteiger partial charge in [-0.2, -0.15) is 4.98 Å². The summed E-state index contributed by atoms with van der Waals surface area (Å²) in [6.07, 6.45) is 3.80. The minimum atomic E-state index is -1.14. The maximum absolute atomic E-state index is 13.0. The van der Waals surface area contributed by atoms with Crippen LogP contribution in [0.1, 0.15) is 16.9 Å². The predicted octanol–water partition coefficient (Wildman–Crippen LogP) is 1.08. The molecule has 136 valence electrons. The minimum Gasteiger partial charge on any atom is -0.477 e. The molecule has 2 bridgehead atoms. The number of rotatable bonds is 2. The third kappa shape index (κ3) is 2.43. The second-order valence-electron chi connectivity index (χ2n) is 6.37. The molecule has 0 spiro atoms. The van der Waals surface area contributed by atoms with Gasteiger partial charge in [0.1, 0.15) is 5.52 Å². The first-order valence-electron chi connectivity index (χ1n) is 8.36. The van der Waals surface area contributed by atoms with E-state index in [1.807, 2.05) is 0 Å². The van der Waals surface area contributed by atoms with Crippen molar-refractivity contribution in [2.75, 3.05) is 28.2 Å². The molecule has 3 aromatic rings. The lowest BCUT2D eigenvalue weighted by Crippen LogP contribution is -2.48. The summed E-state index contributed by atoms with van der Waals surface area (Å²) >= 11 is 0. The Balaban J connectivity index is 1.51. The minimum absolute atomic E-state index is 0.0943. The zero-order chi connectivity index (χ0) is 18.5. The number of aromatic amines is 1. The Morgan fingerprint density at radius 2 is 2.15 bits per heavy atom. The fourth-order valence-corrected chi connectivity index (χ4v) is 3.54. The van der Waals surface area contributed by atoms with Gasteiger partial charge in [0, 0.05) is 13.1 Å². The summed E-state index contributed by atoms with van der Waals surface area (Å²) in [4.78, 5) is 47.3. The number of fused-ring (bicyclic) bond motifs is 5. The van der Waals surface area contributed by atoms with Crippen molar-refractivity contribution in [3.63, 3.8) is 0 Å². The first-order chi connectivity index (χ1) is 13.1. The van der Waals surface area contributed by atoms with Crippen molar-refractivity contribution in [1.29, 1.82) is 0 Å². The number of carboxylic acid groups (broad SMARTS) is 1. The molecule has 0 saturated carbocycles. The van der Waals surface area contributed by atoms with Gasteiger partial charge < -0.3 is 15.0 Å². The Kier molecular flexibility index (Phi) is 3.23. The van der Waals surface area contributed by atoms with Crippen LogP contribution in [0.25, 0.3) is 11.2 Å². The molecular formula is C16H14N8O3. The molecule has 3 aromatic heterocycles. The van der Waals surface area contributed by atoms with E-state index >= 15 is 0 Å². The highest BCUT2D eigenvalue weighted by molar-refractivity contribution is 6.04. The smallest absolute Gasteiger partial charge is 0.354 e. The quantitative estimate of drug-likeness (QED) is 0.612. The van der Waals surface area contributed by atoms with E-state index < -0.39 is 12.0 Å². The average molecular weight is 366 g/mol. The van der Waals surface area contributed by atoms with Crippen molar-refractivity contribution in [3.8, 4) is 0 Å². The van der Waals surface area contributed by atoms with Crippen molar-refractivity contribution in [1.82, 2.24) is 24.9 Å².